The Bertz CT molecular complexity index is 565. The molecular weight excluding hydrogens is 322 g/mol. The summed E-state index contributed by atoms with van der Waals surface area (Å²) in [6.45, 7) is 3.14. The van der Waals surface area contributed by atoms with Gasteiger partial charge in [-0.15, -0.1) is 0 Å². The van der Waals surface area contributed by atoms with Gasteiger partial charge in [0.15, 0.2) is 0 Å². The monoisotopic (exact) mass is 349 g/mol. The van der Waals surface area contributed by atoms with Gasteiger partial charge in [-0.3, -0.25) is 4.79 Å². The molecule has 1 aromatic carbocycles. The van der Waals surface area contributed by atoms with E-state index in [-0.39, 0.29) is 17.6 Å². The van der Waals surface area contributed by atoms with Crippen LogP contribution in [0, 0.1) is 0 Å². The maximum Gasteiger partial charge on any atom is 0.251 e. The van der Waals surface area contributed by atoms with E-state index in [1.807, 2.05) is 18.2 Å². The van der Waals surface area contributed by atoms with Crippen LogP contribution in [0.25, 0.3) is 0 Å². The SMILES string of the molecule is COCCOc1cccc(C(=O)NC2CCOC3(CCOCC3)C2)c1. The van der Waals surface area contributed by atoms with Crippen LogP contribution in [-0.2, 0) is 14.2 Å². The highest BCUT2D eigenvalue weighted by molar-refractivity contribution is 5.94. The van der Waals surface area contributed by atoms with Gasteiger partial charge in [-0.25, -0.2) is 0 Å². The lowest BCUT2D eigenvalue weighted by Gasteiger charge is -2.43. The Balaban J connectivity index is 1.57. The number of hydrogen-bond donors (Lipinski definition) is 1. The summed E-state index contributed by atoms with van der Waals surface area (Å²) in [5.74, 6) is 0.615. The van der Waals surface area contributed by atoms with Gasteiger partial charge in [0.05, 0.1) is 12.2 Å². The summed E-state index contributed by atoms with van der Waals surface area (Å²) < 4.78 is 22.0. The fourth-order valence-corrected chi connectivity index (χ4v) is 3.48. The quantitative estimate of drug-likeness (QED) is 0.798. The van der Waals surface area contributed by atoms with Crippen LogP contribution in [0.15, 0.2) is 24.3 Å². The number of carbonyl (C=O) groups excluding carboxylic acids is 1. The molecule has 138 valence electrons. The normalized spacial score (nSPS) is 22.5. The molecule has 2 aliphatic rings. The largest absolute Gasteiger partial charge is 0.491 e. The van der Waals surface area contributed by atoms with Gasteiger partial charge in [0.2, 0.25) is 0 Å². The first kappa shape index (κ1) is 18.2. The third kappa shape index (κ3) is 4.93. The topological polar surface area (TPSA) is 66.0 Å². The van der Waals surface area contributed by atoms with Gasteiger partial charge in [-0.2, -0.15) is 0 Å². The Labute approximate surface area is 148 Å². The predicted molar refractivity (Wildman–Crippen MR) is 93.0 cm³/mol. The molecule has 1 N–H and O–H groups in total. The summed E-state index contributed by atoms with van der Waals surface area (Å²) in [6, 6.07) is 7.40. The van der Waals surface area contributed by atoms with E-state index in [0.717, 1.165) is 38.9 Å². The minimum atomic E-state index is -0.125. The number of ether oxygens (including phenoxy) is 4. The van der Waals surface area contributed by atoms with Crippen molar-refractivity contribution in [1.29, 1.82) is 0 Å². The number of rotatable bonds is 6. The molecule has 2 heterocycles. The van der Waals surface area contributed by atoms with E-state index in [1.54, 1.807) is 13.2 Å². The fraction of sp³-hybridized carbons (Fsp3) is 0.632. The smallest absolute Gasteiger partial charge is 0.251 e. The molecule has 2 aliphatic heterocycles. The van der Waals surface area contributed by atoms with E-state index in [0.29, 0.717) is 31.1 Å². The number of hydrogen-bond acceptors (Lipinski definition) is 5. The molecule has 25 heavy (non-hydrogen) atoms. The maximum atomic E-state index is 12.6. The summed E-state index contributed by atoms with van der Waals surface area (Å²) in [5, 5.41) is 3.16. The molecule has 2 fully saturated rings. The second kappa shape index (κ2) is 8.65. The summed E-state index contributed by atoms with van der Waals surface area (Å²) in [7, 11) is 1.63. The second-order valence-corrected chi connectivity index (χ2v) is 6.68. The lowest BCUT2D eigenvalue weighted by Crippen LogP contribution is -2.51. The Morgan fingerprint density at radius 3 is 2.92 bits per heavy atom. The van der Waals surface area contributed by atoms with Gasteiger partial charge >= 0.3 is 0 Å². The fourth-order valence-electron chi connectivity index (χ4n) is 3.48. The van der Waals surface area contributed by atoms with Crippen molar-refractivity contribution in [1.82, 2.24) is 5.32 Å². The summed E-state index contributed by atoms with van der Waals surface area (Å²) in [4.78, 5) is 12.6. The van der Waals surface area contributed by atoms with Gasteiger partial charge < -0.3 is 24.3 Å². The first-order valence-corrected chi connectivity index (χ1v) is 8.95. The molecule has 0 radical (unpaired) electrons. The zero-order chi connectivity index (χ0) is 17.5. The molecule has 6 nitrogen and oxygen atoms in total. The zero-order valence-electron chi connectivity index (χ0n) is 14.8. The maximum absolute atomic E-state index is 12.6. The highest BCUT2D eigenvalue weighted by atomic mass is 16.5. The molecule has 2 saturated heterocycles. The second-order valence-electron chi connectivity index (χ2n) is 6.68. The molecule has 1 aromatic rings. The van der Waals surface area contributed by atoms with E-state index in [2.05, 4.69) is 5.32 Å². The Kier molecular flexibility index (Phi) is 6.29. The minimum absolute atomic E-state index is 0.0636. The highest BCUT2D eigenvalue weighted by Gasteiger charge is 2.39. The van der Waals surface area contributed by atoms with Gasteiger partial charge in [0, 0.05) is 38.5 Å². The van der Waals surface area contributed by atoms with E-state index >= 15 is 0 Å². The van der Waals surface area contributed by atoms with Gasteiger partial charge in [-0.05, 0) is 43.9 Å². The molecule has 1 amide bonds. The van der Waals surface area contributed by atoms with Crippen LogP contribution in [-0.4, -0.2) is 57.7 Å². The summed E-state index contributed by atoms with van der Waals surface area (Å²) in [6.07, 6.45) is 3.51. The standard InChI is InChI=1S/C19H27NO5/c1-22-11-12-24-17-4-2-3-15(13-17)18(21)20-16-5-8-25-19(14-16)6-9-23-10-7-19/h2-4,13,16H,5-12,14H2,1H3,(H,20,21). The van der Waals surface area contributed by atoms with Crippen LogP contribution in [0.4, 0.5) is 0 Å². The lowest BCUT2D eigenvalue weighted by molar-refractivity contribution is -0.139. The Morgan fingerprint density at radius 1 is 1.28 bits per heavy atom. The van der Waals surface area contributed by atoms with Crippen LogP contribution >= 0.6 is 0 Å². The number of amides is 1. The van der Waals surface area contributed by atoms with Crippen molar-refractivity contribution in [2.24, 2.45) is 0 Å². The molecule has 6 heteroatoms. The molecule has 0 aliphatic carbocycles. The van der Waals surface area contributed by atoms with Crippen molar-refractivity contribution in [2.75, 3.05) is 40.1 Å². The molecule has 0 bridgehead atoms. The minimum Gasteiger partial charge on any atom is -0.491 e. The molecular formula is C19H27NO5. The van der Waals surface area contributed by atoms with Crippen LogP contribution in [0.2, 0.25) is 0 Å². The first-order valence-electron chi connectivity index (χ1n) is 8.95. The van der Waals surface area contributed by atoms with Gasteiger partial charge in [0.1, 0.15) is 12.4 Å². The first-order chi connectivity index (χ1) is 12.2. The highest BCUT2D eigenvalue weighted by Crippen LogP contribution is 2.34. The third-order valence-corrected chi connectivity index (χ3v) is 4.88. The van der Waals surface area contributed by atoms with E-state index in [4.69, 9.17) is 18.9 Å². The van der Waals surface area contributed by atoms with Crippen molar-refractivity contribution >= 4 is 5.91 Å². The molecule has 0 aromatic heterocycles. The average Bonchev–Trinajstić information content (AvgIpc) is 2.63. The van der Waals surface area contributed by atoms with Crippen LogP contribution in [0.3, 0.4) is 0 Å². The van der Waals surface area contributed by atoms with E-state index in [9.17, 15) is 4.79 Å². The number of carbonyl (C=O) groups is 1. The molecule has 3 rings (SSSR count). The van der Waals surface area contributed by atoms with E-state index in [1.165, 1.54) is 0 Å². The molecule has 0 saturated carbocycles. The Hall–Kier alpha value is -1.63. The Morgan fingerprint density at radius 2 is 2.12 bits per heavy atom. The molecule has 1 atom stereocenters. The molecule has 1 unspecified atom stereocenters. The number of methoxy groups -OCH3 is 1. The van der Waals surface area contributed by atoms with Crippen molar-refractivity contribution in [3.63, 3.8) is 0 Å². The summed E-state index contributed by atoms with van der Waals surface area (Å²) in [5.41, 5.74) is 0.488. The number of nitrogens with one attached hydrogen (secondary N) is 1. The molecule has 1 spiro atoms. The van der Waals surface area contributed by atoms with Crippen molar-refractivity contribution in [2.45, 2.75) is 37.3 Å². The van der Waals surface area contributed by atoms with Crippen LogP contribution in [0.1, 0.15) is 36.0 Å². The number of benzene rings is 1. The summed E-state index contributed by atoms with van der Waals surface area (Å²) >= 11 is 0. The lowest BCUT2D eigenvalue weighted by atomic mass is 9.84. The van der Waals surface area contributed by atoms with Gasteiger partial charge in [-0.1, -0.05) is 6.07 Å². The van der Waals surface area contributed by atoms with Crippen molar-refractivity contribution in [3.8, 4) is 5.75 Å². The van der Waals surface area contributed by atoms with Crippen LogP contribution in [0.5, 0.6) is 5.75 Å². The third-order valence-electron chi connectivity index (χ3n) is 4.88. The van der Waals surface area contributed by atoms with Crippen molar-refractivity contribution in [3.05, 3.63) is 29.8 Å². The zero-order valence-corrected chi connectivity index (χ0v) is 14.8. The predicted octanol–water partition coefficient (Wildman–Crippen LogP) is 2.17. The van der Waals surface area contributed by atoms with E-state index < -0.39 is 0 Å². The van der Waals surface area contributed by atoms with Crippen LogP contribution < -0.4 is 10.1 Å². The average molecular weight is 349 g/mol. The van der Waals surface area contributed by atoms with Gasteiger partial charge in [0.25, 0.3) is 5.91 Å². The van der Waals surface area contributed by atoms with Crippen molar-refractivity contribution < 1.29 is 23.7 Å².